The Morgan fingerprint density at radius 1 is 1.10 bits per heavy atom. The molecule has 2 aliphatic heterocycles. The van der Waals surface area contributed by atoms with Crippen LogP contribution >= 0.6 is 0 Å². The van der Waals surface area contributed by atoms with Gasteiger partial charge in [0.2, 0.25) is 5.91 Å². The number of fused-ring (bicyclic) bond motifs is 1. The van der Waals surface area contributed by atoms with Crippen LogP contribution in [0.15, 0.2) is 52.8 Å². The van der Waals surface area contributed by atoms with Crippen molar-refractivity contribution in [3.05, 3.63) is 59.7 Å². The molecule has 1 saturated heterocycles. The lowest BCUT2D eigenvalue weighted by Crippen LogP contribution is -2.43. The third-order valence-corrected chi connectivity index (χ3v) is 4.66. The highest BCUT2D eigenvalue weighted by Crippen LogP contribution is 2.31. The number of hydrogen-bond acceptors (Lipinski definition) is 6. The first kappa shape index (κ1) is 18.7. The molecular formula is C19H15F2N5O3. The average Bonchev–Trinajstić information content (AvgIpc) is 3.19. The predicted octanol–water partition coefficient (Wildman–Crippen LogP) is 2.21. The van der Waals surface area contributed by atoms with Crippen molar-refractivity contribution in [2.75, 3.05) is 16.8 Å². The minimum absolute atomic E-state index is 0.335. The van der Waals surface area contributed by atoms with Crippen molar-refractivity contribution in [2.24, 2.45) is 10.3 Å². The van der Waals surface area contributed by atoms with Gasteiger partial charge in [-0.05, 0) is 31.2 Å². The van der Waals surface area contributed by atoms with Crippen molar-refractivity contribution in [1.82, 2.24) is 5.01 Å². The van der Waals surface area contributed by atoms with Crippen LogP contribution in [0.25, 0.3) is 0 Å². The number of aryl methyl sites for hydroxylation is 1. The molecule has 148 valence electrons. The van der Waals surface area contributed by atoms with E-state index in [1.54, 1.807) is 24.3 Å². The van der Waals surface area contributed by atoms with E-state index in [2.05, 4.69) is 15.7 Å². The Morgan fingerprint density at radius 2 is 1.83 bits per heavy atom. The summed E-state index contributed by atoms with van der Waals surface area (Å²) in [6.45, 7) is 1.42. The fourth-order valence-corrected chi connectivity index (χ4v) is 3.23. The molecule has 0 unspecified atom stereocenters. The molecule has 1 N–H and O–H groups in total. The summed E-state index contributed by atoms with van der Waals surface area (Å²) in [6.07, 6.45) is 0. The van der Waals surface area contributed by atoms with Crippen molar-refractivity contribution in [3.8, 4) is 0 Å². The number of carbonyl (C=O) groups is 3. The normalized spacial score (nSPS) is 20.4. The van der Waals surface area contributed by atoms with E-state index in [1.165, 1.54) is 0 Å². The lowest BCUT2D eigenvalue weighted by Gasteiger charge is -2.20. The maximum atomic E-state index is 13.7. The summed E-state index contributed by atoms with van der Waals surface area (Å²) in [5.41, 5.74) is 1.04. The summed E-state index contributed by atoms with van der Waals surface area (Å²) in [7, 11) is 0. The first-order valence-corrected chi connectivity index (χ1v) is 8.72. The van der Waals surface area contributed by atoms with Crippen molar-refractivity contribution in [3.63, 3.8) is 0 Å². The third-order valence-electron chi connectivity index (χ3n) is 4.66. The fourth-order valence-electron chi connectivity index (χ4n) is 3.23. The molecule has 0 saturated carbocycles. The molecule has 0 aromatic heterocycles. The predicted molar refractivity (Wildman–Crippen MR) is 97.8 cm³/mol. The van der Waals surface area contributed by atoms with Gasteiger partial charge in [0.05, 0.1) is 11.4 Å². The Bertz CT molecular complexity index is 1040. The van der Waals surface area contributed by atoms with Crippen LogP contribution in [0.4, 0.5) is 20.2 Å². The Hall–Kier alpha value is -3.69. The van der Waals surface area contributed by atoms with Crippen molar-refractivity contribution < 1.29 is 23.2 Å². The molecule has 8 nitrogen and oxygen atoms in total. The van der Waals surface area contributed by atoms with Gasteiger partial charge in [-0.15, -0.1) is 0 Å². The van der Waals surface area contributed by atoms with E-state index in [4.69, 9.17) is 0 Å². The second kappa shape index (κ2) is 7.04. The second-order valence-electron chi connectivity index (χ2n) is 6.71. The summed E-state index contributed by atoms with van der Waals surface area (Å²) in [4.78, 5) is 38.7. The summed E-state index contributed by atoms with van der Waals surface area (Å²) in [5.74, 6) is -3.35. The Balaban J connectivity index is 1.49. The number of nitrogens with zero attached hydrogens (tertiary/aromatic N) is 4. The summed E-state index contributed by atoms with van der Waals surface area (Å²) in [5, 5.41) is 10.9. The maximum Gasteiger partial charge on any atom is 0.263 e. The lowest BCUT2D eigenvalue weighted by molar-refractivity contribution is -0.123. The molecule has 4 rings (SSSR count). The molecule has 0 radical (unpaired) electrons. The molecule has 0 spiro atoms. The molecule has 0 aliphatic carbocycles. The van der Waals surface area contributed by atoms with Gasteiger partial charge in [0, 0.05) is 6.07 Å². The number of imide groups is 1. The van der Waals surface area contributed by atoms with Gasteiger partial charge in [-0.1, -0.05) is 22.9 Å². The van der Waals surface area contributed by atoms with Crippen molar-refractivity contribution in [2.45, 2.75) is 19.0 Å². The van der Waals surface area contributed by atoms with Crippen LogP contribution in [0.5, 0.6) is 0 Å². The van der Waals surface area contributed by atoms with E-state index in [-0.39, 0.29) is 5.69 Å². The molecule has 2 aromatic carbocycles. The summed E-state index contributed by atoms with van der Waals surface area (Å²) in [6, 6.07) is 7.36. The van der Waals surface area contributed by atoms with E-state index in [1.807, 2.05) is 6.92 Å². The van der Waals surface area contributed by atoms with Gasteiger partial charge in [0.1, 0.15) is 18.2 Å². The maximum absolute atomic E-state index is 13.7. The molecule has 2 heterocycles. The van der Waals surface area contributed by atoms with E-state index < -0.39 is 48.0 Å². The van der Waals surface area contributed by atoms with Gasteiger partial charge in [-0.2, -0.15) is 5.11 Å². The molecule has 0 bridgehead atoms. The standard InChI is InChI=1S/C19H15F2N5O3/c1-10-2-5-12(6-3-10)26-18(28)16-17(19(26)29)25(24-23-16)9-15(27)22-14-8-11(20)4-7-13(14)21/h2-8,16-17H,9H2,1H3,(H,22,27)/t16-,17+/m0/s1. The number of nitrogens with one attached hydrogen (secondary N) is 1. The molecule has 1 fully saturated rings. The molecule has 3 amide bonds. The topological polar surface area (TPSA) is 94.4 Å². The van der Waals surface area contributed by atoms with Gasteiger partial charge in [0.15, 0.2) is 12.1 Å². The van der Waals surface area contributed by atoms with Crippen molar-refractivity contribution in [1.29, 1.82) is 0 Å². The van der Waals surface area contributed by atoms with E-state index in [0.29, 0.717) is 5.69 Å². The lowest BCUT2D eigenvalue weighted by atomic mass is 10.1. The van der Waals surface area contributed by atoms with E-state index >= 15 is 0 Å². The number of anilines is 2. The molecule has 10 heteroatoms. The third kappa shape index (κ3) is 3.33. The molecule has 2 aromatic rings. The minimum Gasteiger partial charge on any atom is -0.322 e. The van der Waals surface area contributed by atoms with Crippen LogP contribution in [0, 0.1) is 18.6 Å². The summed E-state index contributed by atoms with van der Waals surface area (Å²) < 4.78 is 26.9. The highest BCUT2D eigenvalue weighted by molar-refractivity contribution is 6.25. The zero-order valence-electron chi connectivity index (χ0n) is 15.2. The van der Waals surface area contributed by atoms with Crippen LogP contribution in [0.3, 0.4) is 0 Å². The zero-order valence-corrected chi connectivity index (χ0v) is 15.2. The van der Waals surface area contributed by atoms with E-state index in [0.717, 1.165) is 33.7 Å². The van der Waals surface area contributed by atoms with Gasteiger partial charge < -0.3 is 5.32 Å². The Kier molecular flexibility index (Phi) is 4.53. The van der Waals surface area contributed by atoms with Crippen molar-refractivity contribution >= 4 is 29.1 Å². The molecule has 2 aliphatic rings. The zero-order chi connectivity index (χ0) is 20.7. The van der Waals surface area contributed by atoms with E-state index in [9.17, 15) is 23.2 Å². The number of benzene rings is 2. The first-order valence-electron chi connectivity index (χ1n) is 8.72. The average molecular weight is 399 g/mol. The largest absolute Gasteiger partial charge is 0.322 e. The summed E-state index contributed by atoms with van der Waals surface area (Å²) >= 11 is 0. The van der Waals surface area contributed by atoms with Crippen LogP contribution < -0.4 is 10.2 Å². The van der Waals surface area contributed by atoms with Gasteiger partial charge in [-0.3, -0.25) is 19.4 Å². The number of halogens is 2. The van der Waals surface area contributed by atoms with Crippen LogP contribution in [-0.4, -0.2) is 41.4 Å². The number of hydrogen-bond donors (Lipinski definition) is 1. The Morgan fingerprint density at radius 3 is 2.55 bits per heavy atom. The first-order chi connectivity index (χ1) is 13.8. The molecule has 29 heavy (non-hydrogen) atoms. The number of carbonyl (C=O) groups excluding carboxylic acids is 3. The second-order valence-corrected chi connectivity index (χ2v) is 6.71. The smallest absolute Gasteiger partial charge is 0.263 e. The van der Waals surface area contributed by atoms with Crippen LogP contribution in [-0.2, 0) is 14.4 Å². The monoisotopic (exact) mass is 399 g/mol. The highest BCUT2D eigenvalue weighted by Gasteiger charge is 2.55. The van der Waals surface area contributed by atoms with Crippen LogP contribution in [0.1, 0.15) is 5.56 Å². The number of rotatable bonds is 4. The molecule has 2 atom stereocenters. The van der Waals surface area contributed by atoms with Crippen LogP contribution in [0.2, 0.25) is 0 Å². The van der Waals surface area contributed by atoms with Gasteiger partial charge in [0.25, 0.3) is 11.8 Å². The van der Waals surface area contributed by atoms with Gasteiger partial charge in [-0.25, -0.2) is 13.7 Å². The Labute approximate surface area is 163 Å². The number of amides is 3. The quantitative estimate of drug-likeness (QED) is 0.798. The van der Waals surface area contributed by atoms with Gasteiger partial charge >= 0.3 is 0 Å². The minimum atomic E-state index is -1.06. The fraction of sp³-hybridized carbons (Fsp3) is 0.211. The SMILES string of the molecule is Cc1ccc(N2C(=O)[C@H]3N=NN(CC(=O)Nc4cc(F)ccc4F)[C@H]3C2=O)cc1. The highest BCUT2D eigenvalue weighted by atomic mass is 19.1. The molecular weight excluding hydrogens is 384 g/mol.